The van der Waals surface area contributed by atoms with Crippen molar-refractivity contribution >= 4 is 15.7 Å². The molecular formula is C14H19N3O3S. The summed E-state index contributed by atoms with van der Waals surface area (Å²) >= 11 is 0. The molecule has 6 nitrogen and oxygen atoms in total. The van der Waals surface area contributed by atoms with Crippen LogP contribution in [0.25, 0.3) is 0 Å². The topological polar surface area (TPSA) is 98.2 Å². The molecule has 114 valence electrons. The van der Waals surface area contributed by atoms with Crippen molar-refractivity contribution in [3.8, 4) is 0 Å². The zero-order valence-electron chi connectivity index (χ0n) is 12.1. The highest BCUT2D eigenvalue weighted by molar-refractivity contribution is 7.89. The van der Waals surface area contributed by atoms with Crippen molar-refractivity contribution in [2.24, 2.45) is 0 Å². The second-order valence-corrected chi connectivity index (χ2v) is 6.42. The second-order valence-electron chi connectivity index (χ2n) is 4.68. The number of hydrogen-bond acceptors (Lipinski definition) is 5. The number of benzene rings is 1. The zero-order chi connectivity index (χ0) is 15.5. The summed E-state index contributed by atoms with van der Waals surface area (Å²) in [4.78, 5) is 0.241. The Labute approximate surface area is 124 Å². The third kappa shape index (κ3) is 3.43. The van der Waals surface area contributed by atoms with Crippen LogP contribution in [0.2, 0.25) is 0 Å². The molecule has 2 aromatic rings. The quantitative estimate of drug-likeness (QED) is 0.794. The van der Waals surface area contributed by atoms with Gasteiger partial charge in [0.05, 0.1) is 17.1 Å². The van der Waals surface area contributed by atoms with Gasteiger partial charge in [-0.2, -0.15) is 0 Å². The van der Waals surface area contributed by atoms with E-state index in [0.29, 0.717) is 23.4 Å². The zero-order valence-corrected chi connectivity index (χ0v) is 12.9. The molecule has 0 radical (unpaired) electrons. The molecule has 1 aromatic carbocycles. The van der Waals surface area contributed by atoms with E-state index in [4.69, 9.17) is 5.73 Å². The molecule has 3 N–H and O–H groups in total. The van der Waals surface area contributed by atoms with E-state index >= 15 is 0 Å². The standard InChI is InChI=1S/C14H19N3O3S/c1-3-10-7-13(15)12(4-2)14(8-10)21(18,19)16-9-11-5-6-20-17-11/h5-8,16H,3-4,9,15H2,1-2H3. The SMILES string of the molecule is CCc1cc(N)c(CC)c(S(=O)(=O)NCc2ccon2)c1. The van der Waals surface area contributed by atoms with Crippen LogP contribution in [-0.2, 0) is 29.4 Å². The summed E-state index contributed by atoms with van der Waals surface area (Å²) in [6, 6.07) is 5.12. The van der Waals surface area contributed by atoms with Crippen LogP contribution in [0.4, 0.5) is 5.69 Å². The van der Waals surface area contributed by atoms with E-state index in [2.05, 4.69) is 14.4 Å². The molecular weight excluding hydrogens is 290 g/mol. The van der Waals surface area contributed by atoms with Crippen LogP contribution in [-0.4, -0.2) is 13.6 Å². The number of anilines is 1. The molecule has 0 aliphatic carbocycles. The van der Waals surface area contributed by atoms with Gasteiger partial charge in [-0.1, -0.05) is 19.0 Å². The average Bonchev–Trinajstić information content (AvgIpc) is 2.97. The largest absolute Gasteiger partial charge is 0.398 e. The summed E-state index contributed by atoms with van der Waals surface area (Å²) in [5.74, 6) is 0. The first-order chi connectivity index (χ1) is 9.97. The monoisotopic (exact) mass is 309 g/mol. The van der Waals surface area contributed by atoms with Crippen LogP contribution in [0.15, 0.2) is 33.9 Å². The lowest BCUT2D eigenvalue weighted by Crippen LogP contribution is -2.25. The van der Waals surface area contributed by atoms with E-state index in [9.17, 15) is 8.42 Å². The van der Waals surface area contributed by atoms with Crippen LogP contribution in [0.1, 0.15) is 30.7 Å². The minimum atomic E-state index is -3.65. The molecule has 7 heteroatoms. The molecule has 1 heterocycles. The van der Waals surface area contributed by atoms with Crippen LogP contribution in [0.5, 0.6) is 0 Å². The molecule has 0 saturated carbocycles. The number of sulfonamides is 1. The van der Waals surface area contributed by atoms with Gasteiger partial charge < -0.3 is 10.3 Å². The van der Waals surface area contributed by atoms with Gasteiger partial charge in [0.25, 0.3) is 0 Å². The van der Waals surface area contributed by atoms with Crippen LogP contribution in [0, 0.1) is 0 Å². The number of rotatable bonds is 6. The maximum atomic E-state index is 12.5. The van der Waals surface area contributed by atoms with E-state index in [1.807, 2.05) is 19.9 Å². The first-order valence-electron chi connectivity index (χ1n) is 6.78. The molecule has 0 fully saturated rings. The van der Waals surface area contributed by atoms with Crippen LogP contribution >= 0.6 is 0 Å². The average molecular weight is 309 g/mol. The molecule has 0 atom stereocenters. The van der Waals surface area contributed by atoms with Crippen LogP contribution < -0.4 is 10.5 Å². The van der Waals surface area contributed by atoms with Crippen molar-refractivity contribution in [2.45, 2.75) is 38.1 Å². The number of nitrogens with zero attached hydrogens (tertiary/aromatic N) is 1. The first kappa shape index (κ1) is 15.5. The Bertz CT molecular complexity index is 709. The van der Waals surface area contributed by atoms with Gasteiger partial charge in [-0.3, -0.25) is 0 Å². The molecule has 0 unspecified atom stereocenters. The predicted octanol–water partition coefficient (Wildman–Crippen LogP) is 1.86. The van der Waals surface area contributed by atoms with Crippen molar-refractivity contribution in [2.75, 3.05) is 5.73 Å². The third-order valence-electron chi connectivity index (χ3n) is 3.29. The Morgan fingerprint density at radius 2 is 2.05 bits per heavy atom. The Kier molecular flexibility index (Phi) is 4.64. The van der Waals surface area contributed by atoms with Crippen molar-refractivity contribution in [3.05, 3.63) is 41.3 Å². The number of nitrogen functional groups attached to an aromatic ring is 1. The van der Waals surface area contributed by atoms with Crippen LogP contribution in [0.3, 0.4) is 0 Å². The van der Waals surface area contributed by atoms with E-state index < -0.39 is 10.0 Å². The summed E-state index contributed by atoms with van der Waals surface area (Å²) in [6.07, 6.45) is 2.67. The summed E-state index contributed by atoms with van der Waals surface area (Å²) < 4.78 is 32.2. The molecule has 0 aliphatic heterocycles. The molecule has 0 aliphatic rings. The van der Waals surface area contributed by atoms with E-state index in [0.717, 1.165) is 12.0 Å². The number of aryl methyl sites for hydroxylation is 1. The van der Waals surface area contributed by atoms with Gasteiger partial charge in [-0.05, 0) is 36.1 Å². The normalized spacial score (nSPS) is 11.7. The van der Waals surface area contributed by atoms with Gasteiger partial charge in [0.1, 0.15) is 6.26 Å². The lowest BCUT2D eigenvalue weighted by atomic mass is 10.1. The van der Waals surface area contributed by atoms with E-state index in [1.54, 1.807) is 12.1 Å². The van der Waals surface area contributed by atoms with E-state index in [1.165, 1.54) is 6.26 Å². The van der Waals surface area contributed by atoms with Crippen molar-refractivity contribution in [3.63, 3.8) is 0 Å². The number of hydrogen-bond donors (Lipinski definition) is 2. The fraction of sp³-hybridized carbons (Fsp3) is 0.357. The predicted molar refractivity (Wildman–Crippen MR) is 80.1 cm³/mol. The molecule has 1 aromatic heterocycles. The molecule has 0 amide bonds. The fourth-order valence-electron chi connectivity index (χ4n) is 2.12. The number of nitrogens with two attached hydrogens (primary N) is 1. The summed E-state index contributed by atoms with van der Waals surface area (Å²) in [7, 11) is -3.65. The van der Waals surface area contributed by atoms with Gasteiger partial charge in [0.15, 0.2) is 0 Å². The van der Waals surface area contributed by atoms with Crippen molar-refractivity contribution < 1.29 is 12.9 Å². The van der Waals surface area contributed by atoms with Crippen molar-refractivity contribution in [1.29, 1.82) is 0 Å². The molecule has 0 bridgehead atoms. The minimum Gasteiger partial charge on any atom is -0.398 e. The third-order valence-corrected chi connectivity index (χ3v) is 4.76. The molecule has 2 rings (SSSR count). The minimum absolute atomic E-state index is 0.0816. The van der Waals surface area contributed by atoms with E-state index in [-0.39, 0.29) is 11.4 Å². The summed E-state index contributed by atoms with van der Waals surface area (Å²) in [5, 5.41) is 3.68. The highest BCUT2D eigenvalue weighted by Crippen LogP contribution is 2.25. The maximum absolute atomic E-state index is 12.5. The van der Waals surface area contributed by atoms with Gasteiger partial charge in [-0.25, -0.2) is 13.1 Å². The molecule has 21 heavy (non-hydrogen) atoms. The Morgan fingerprint density at radius 1 is 1.29 bits per heavy atom. The maximum Gasteiger partial charge on any atom is 0.241 e. The summed E-state index contributed by atoms with van der Waals surface area (Å²) in [6.45, 7) is 3.92. The Hall–Kier alpha value is -1.86. The summed E-state index contributed by atoms with van der Waals surface area (Å²) in [5.41, 5.74) is 8.55. The number of aromatic nitrogens is 1. The van der Waals surface area contributed by atoms with Gasteiger partial charge >= 0.3 is 0 Å². The lowest BCUT2D eigenvalue weighted by Gasteiger charge is -2.14. The van der Waals surface area contributed by atoms with Crippen molar-refractivity contribution in [1.82, 2.24) is 9.88 Å². The number of nitrogens with one attached hydrogen (secondary N) is 1. The lowest BCUT2D eigenvalue weighted by molar-refractivity contribution is 0.411. The van der Waals surface area contributed by atoms with Gasteiger partial charge in [0, 0.05) is 11.8 Å². The second kappa shape index (κ2) is 6.28. The highest BCUT2D eigenvalue weighted by atomic mass is 32.2. The fourth-order valence-corrected chi connectivity index (χ4v) is 3.51. The van der Waals surface area contributed by atoms with Gasteiger partial charge in [-0.15, -0.1) is 0 Å². The first-order valence-corrected chi connectivity index (χ1v) is 8.26. The Balaban J connectivity index is 2.36. The Morgan fingerprint density at radius 3 is 2.62 bits per heavy atom. The molecule has 0 saturated heterocycles. The van der Waals surface area contributed by atoms with Gasteiger partial charge in [0.2, 0.25) is 10.0 Å². The highest BCUT2D eigenvalue weighted by Gasteiger charge is 2.20. The smallest absolute Gasteiger partial charge is 0.241 e. The molecule has 0 spiro atoms.